The fourth-order valence-electron chi connectivity index (χ4n) is 3.08. The minimum absolute atomic E-state index is 0.229. The van der Waals surface area contributed by atoms with Gasteiger partial charge in [0.1, 0.15) is 18.8 Å². The Balaban J connectivity index is 1.81. The van der Waals surface area contributed by atoms with Gasteiger partial charge in [-0.25, -0.2) is 4.79 Å². The van der Waals surface area contributed by atoms with Crippen LogP contribution in [0.4, 0.5) is 4.79 Å². The van der Waals surface area contributed by atoms with Crippen LogP contribution in [0.15, 0.2) is 12.3 Å². The summed E-state index contributed by atoms with van der Waals surface area (Å²) in [5, 5.41) is 13.5. The van der Waals surface area contributed by atoms with Gasteiger partial charge in [0, 0.05) is 12.6 Å². The summed E-state index contributed by atoms with van der Waals surface area (Å²) >= 11 is 0. The summed E-state index contributed by atoms with van der Waals surface area (Å²) in [6.07, 6.45) is 1.13. The summed E-state index contributed by atoms with van der Waals surface area (Å²) in [4.78, 5) is 18.7. The number of fused-ring (bicyclic) bond motifs is 1. The van der Waals surface area contributed by atoms with E-state index in [2.05, 4.69) is 10.3 Å². The molecule has 0 unspecified atom stereocenters. The van der Waals surface area contributed by atoms with E-state index in [0.717, 1.165) is 6.54 Å². The summed E-state index contributed by atoms with van der Waals surface area (Å²) < 4.78 is 16.6. The lowest BCUT2D eigenvalue weighted by molar-refractivity contribution is -0.0163. The van der Waals surface area contributed by atoms with E-state index in [0.29, 0.717) is 43.4 Å². The van der Waals surface area contributed by atoms with Crippen LogP contribution in [0, 0.1) is 0 Å². The predicted octanol–water partition coefficient (Wildman–Crippen LogP) is 1.31. The molecule has 0 radical (unpaired) electrons. The molecule has 0 bridgehead atoms. The number of carbonyl (C=O) groups is 1. The maximum absolute atomic E-state index is 12.8. The molecule has 2 aliphatic rings. The average molecular weight is 365 g/mol. The van der Waals surface area contributed by atoms with Crippen LogP contribution >= 0.6 is 0 Å². The molecule has 0 aliphatic carbocycles. The number of nitrogens with zero attached hydrogens (tertiary/aromatic N) is 2. The van der Waals surface area contributed by atoms with Crippen molar-refractivity contribution in [2.75, 3.05) is 26.3 Å². The summed E-state index contributed by atoms with van der Waals surface area (Å²) in [5.74, 6) is 1.22. The fraction of sp³-hybridized carbons (Fsp3) is 0.667. The molecule has 1 amide bonds. The van der Waals surface area contributed by atoms with Gasteiger partial charge in [-0.15, -0.1) is 0 Å². The number of hydrogen-bond acceptors (Lipinski definition) is 7. The molecule has 26 heavy (non-hydrogen) atoms. The highest BCUT2D eigenvalue weighted by Gasteiger charge is 2.35. The van der Waals surface area contributed by atoms with Gasteiger partial charge in [-0.3, -0.25) is 9.88 Å². The van der Waals surface area contributed by atoms with Gasteiger partial charge in [0.05, 0.1) is 30.6 Å². The summed E-state index contributed by atoms with van der Waals surface area (Å²) in [5.41, 5.74) is 0.0406. The van der Waals surface area contributed by atoms with Gasteiger partial charge >= 0.3 is 6.09 Å². The molecule has 1 saturated heterocycles. The quantitative estimate of drug-likeness (QED) is 0.834. The van der Waals surface area contributed by atoms with E-state index in [1.807, 2.05) is 20.8 Å². The molecule has 8 nitrogen and oxygen atoms in total. The Labute approximate surface area is 153 Å². The molecule has 1 fully saturated rings. The zero-order valence-electron chi connectivity index (χ0n) is 15.5. The second kappa shape index (κ2) is 7.67. The largest absolute Gasteiger partial charge is 0.486 e. The van der Waals surface area contributed by atoms with Crippen molar-refractivity contribution >= 4 is 6.09 Å². The van der Waals surface area contributed by atoms with Crippen LogP contribution < -0.4 is 14.8 Å². The van der Waals surface area contributed by atoms with E-state index in [9.17, 15) is 9.90 Å². The van der Waals surface area contributed by atoms with E-state index in [1.165, 1.54) is 0 Å². The Morgan fingerprint density at radius 2 is 2.12 bits per heavy atom. The Morgan fingerprint density at radius 3 is 2.81 bits per heavy atom. The van der Waals surface area contributed by atoms with Gasteiger partial charge < -0.3 is 24.6 Å². The van der Waals surface area contributed by atoms with Crippen LogP contribution in [0.2, 0.25) is 0 Å². The second-order valence-electron chi connectivity index (χ2n) is 7.56. The number of aliphatic hydroxyl groups excluding tert-OH is 1. The second-order valence-corrected chi connectivity index (χ2v) is 7.56. The lowest BCUT2D eigenvalue weighted by Crippen LogP contribution is -2.55. The lowest BCUT2D eigenvalue weighted by Gasteiger charge is -2.38. The number of aromatic nitrogens is 1. The summed E-state index contributed by atoms with van der Waals surface area (Å²) in [6.45, 7) is 7.86. The van der Waals surface area contributed by atoms with Crippen LogP contribution in [-0.4, -0.2) is 65.1 Å². The highest BCUT2D eigenvalue weighted by atomic mass is 16.6. The summed E-state index contributed by atoms with van der Waals surface area (Å²) in [6, 6.07) is 1.44. The Bertz CT molecular complexity index is 646. The number of β-amino-alcohol motifs (C(OH)–C–C–N with tert-alkyl or cyclic N) is 1. The Morgan fingerprint density at radius 1 is 1.38 bits per heavy atom. The van der Waals surface area contributed by atoms with Crippen LogP contribution in [0.1, 0.15) is 32.9 Å². The number of ether oxygens (including phenoxy) is 3. The third-order valence-electron chi connectivity index (χ3n) is 4.26. The molecule has 1 aromatic heterocycles. The standard InChI is InChI=1S/C18H27N3O5/c1-18(2,3)26-17(23)21(13-4-5-19-9-14(13)22)11-12-8-15-16(10-20-12)25-7-6-24-15/h8,10,13-14,19,22H,4-7,9,11H2,1-3H3/t13-,14+/m0/s1. The smallest absolute Gasteiger partial charge is 0.410 e. The maximum atomic E-state index is 12.8. The number of rotatable bonds is 3. The van der Waals surface area contributed by atoms with Gasteiger partial charge in [0.25, 0.3) is 0 Å². The van der Waals surface area contributed by atoms with Gasteiger partial charge in [-0.2, -0.15) is 0 Å². The third-order valence-corrected chi connectivity index (χ3v) is 4.26. The van der Waals surface area contributed by atoms with Crippen molar-refractivity contribution in [3.8, 4) is 11.5 Å². The minimum Gasteiger partial charge on any atom is -0.486 e. The first-order chi connectivity index (χ1) is 12.3. The Hall–Kier alpha value is -2.06. The molecule has 3 rings (SSSR count). The van der Waals surface area contributed by atoms with Gasteiger partial charge in [0.2, 0.25) is 0 Å². The molecule has 0 saturated carbocycles. The van der Waals surface area contributed by atoms with Crippen molar-refractivity contribution in [1.82, 2.24) is 15.2 Å². The molecule has 0 aromatic carbocycles. The summed E-state index contributed by atoms with van der Waals surface area (Å²) in [7, 11) is 0. The van der Waals surface area contributed by atoms with Crippen molar-refractivity contribution in [1.29, 1.82) is 0 Å². The first kappa shape index (κ1) is 18.7. The average Bonchev–Trinajstić information content (AvgIpc) is 2.59. The van der Waals surface area contributed by atoms with Gasteiger partial charge in [0.15, 0.2) is 11.5 Å². The third kappa shape index (κ3) is 4.56. The van der Waals surface area contributed by atoms with Crippen LogP contribution in [0.3, 0.4) is 0 Å². The van der Waals surface area contributed by atoms with E-state index in [4.69, 9.17) is 14.2 Å². The van der Waals surface area contributed by atoms with Gasteiger partial charge in [-0.1, -0.05) is 0 Å². The molecular formula is C18H27N3O5. The number of aliphatic hydroxyl groups is 1. The normalized spacial score (nSPS) is 22.6. The van der Waals surface area contributed by atoms with Crippen molar-refractivity contribution in [2.24, 2.45) is 0 Å². The zero-order chi connectivity index (χ0) is 18.7. The first-order valence-electron chi connectivity index (χ1n) is 8.96. The lowest BCUT2D eigenvalue weighted by atomic mass is 10.0. The number of amides is 1. The number of carbonyl (C=O) groups excluding carboxylic acids is 1. The number of piperidine rings is 1. The van der Waals surface area contributed by atoms with Crippen LogP contribution in [-0.2, 0) is 11.3 Å². The van der Waals surface area contributed by atoms with Crippen molar-refractivity contribution in [3.63, 3.8) is 0 Å². The molecule has 0 spiro atoms. The highest BCUT2D eigenvalue weighted by molar-refractivity contribution is 5.68. The van der Waals surface area contributed by atoms with Gasteiger partial charge in [-0.05, 0) is 33.7 Å². The maximum Gasteiger partial charge on any atom is 0.410 e. The highest BCUT2D eigenvalue weighted by Crippen LogP contribution is 2.30. The SMILES string of the molecule is CC(C)(C)OC(=O)N(Cc1cc2c(cn1)OCCO2)[C@H]1CCNC[C@H]1O. The van der Waals surface area contributed by atoms with Crippen molar-refractivity contribution < 1.29 is 24.1 Å². The number of pyridine rings is 1. The minimum atomic E-state index is -0.659. The van der Waals surface area contributed by atoms with E-state index >= 15 is 0 Å². The predicted molar refractivity (Wildman–Crippen MR) is 94.3 cm³/mol. The molecule has 2 atom stereocenters. The topological polar surface area (TPSA) is 93.2 Å². The molecule has 144 valence electrons. The monoisotopic (exact) mass is 365 g/mol. The zero-order valence-corrected chi connectivity index (χ0v) is 15.5. The van der Waals surface area contributed by atoms with Crippen LogP contribution in [0.5, 0.6) is 11.5 Å². The fourth-order valence-corrected chi connectivity index (χ4v) is 3.08. The van der Waals surface area contributed by atoms with Crippen molar-refractivity contribution in [3.05, 3.63) is 18.0 Å². The molecule has 2 N–H and O–H groups in total. The molecule has 3 heterocycles. The van der Waals surface area contributed by atoms with Crippen LogP contribution in [0.25, 0.3) is 0 Å². The molecule has 2 aliphatic heterocycles. The van der Waals surface area contributed by atoms with E-state index in [-0.39, 0.29) is 12.6 Å². The van der Waals surface area contributed by atoms with E-state index in [1.54, 1.807) is 17.2 Å². The molecule has 8 heteroatoms. The molecule has 1 aromatic rings. The Kier molecular flexibility index (Phi) is 5.52. The first-order valence-corrected chi connectivity index (χ1v) is 8.96. The number of nitrogens with one attached hydrogen (secondary N) is 1. The van der Waals surface area contributed by atoms with Crippen molar-refractivity contribution in [2.45, 2.75) is 51.5 Å². The number of hydrogen-bond donors (Lipinski definition) is 2. The molecular weight excluding hydrogens is 338 g/mol. The van der Waals surface area contributed by atoms with E-state index < -0.39 is 17.8 Å².